The molecule has 1 heterocycles. The maximum atomic E-state index is 12.7. The predicted octanol–water partition coefficient (Wildman–Crippen LogP) is 5.36. The summed E-state index contributed by atoms with van der Waals surface area (Å²) in [7, 11) is 1.65. The standard InChI is InChI=1S/C20H22BrF3N2O/c1-14(15-3-5-16(6-4-15)20(22,23)24)25-9-11-26(12-10-25)17-7-8-18(21)19(13-17)27-2/h3-8,13-14H,9-12H2,1-2H3. The second kappa shape index (κ2) is 8.10. The van der Waals surface area contributed by atoms with Crippen LogP contribution in [0, 0.1) is 0 Å². The molecular weight excluding hydrogens is 421 g/mol. The van der Waals surface area contributed by atoms with Crippen LogP contribution in [-0.2, 0) is 6.18 Å². The summed E-state index contributed by atoms with van der Waals surface area (Å²) in [6, 6.07) is 11.6. The van der Waals surface area contributed by atoms with Crippen LogP contribution in [0.25, 0.3) is 0 Å². The molecule has 1 fully saturated rings. The molecule has 0 radical (unpaired) electrons. The molecule has 0 spiro atoms. The van der Waals surface area contributed by atoms with Crippen molar-refractivity contribution in [2.45, 2.75) is 19.1 Å². The number of hydrogen-bond donors (Lipinski definition) is 0. The van der Waals surface area contributed by atoms with Gasteiger partial charge in [-0.25, -0.2) is 0 Å². The fraction of sp³-hybridized carbons (Fsp3) is 0.400. The summed E-state index contributed by atoms with van der Waals surface area (Å²) in [4.78, 5) is 4.60. The Hall–Kier alpha value is -1.73. The highest BCUT2D eigenvalue weighted by Gasteiger charge is 2.30. The van der Waals surface area contributed by atoms with Crippen molar-refractivity contribution in [3.05, 3.63) is 58.1 Å². The zero-order valence-electron chi connectivity index (χ0n) is 15.3. The maximum absolute atomic E-state index is 12.7. The molecule has 3 nitrogen and oxygen atoms in total. The molecule has 1 saturated heterocycles. The number of nitrogens with zero attached hydrogens (tertiary/aromatic N) is 2. The second-order valence-corrected chi connectivity index (χ2v) is 7.49. The Morgan fingerprint density at radius 3 is 2.19 bits per heavy atom. The third-order valence-electron chi connectivity index (χ3n) is 5.08. The molecule has 0 amide bonds. The molecule has 0 bridgehead atoms. The SMILES string of the molecule is COc1cc(N2CCN(C(C)c3ccc(C(F)(F)F)cc3)CC2)ccc1Br. The molecule has 0 aromatic heterocycles. The van der Waals surface area contributed by atoms with E-state index in [1.54, 1.807) is 19.2 Å². The largest absolute Gasteiger partial charge is 0.495 e. The Morgan fingerprint density at radius 2 is 1.63 bits per heavy atom. The van der Waals surface area contributed by atoms with Crippen molar-refractivity contribution in [1.82, 2.24) is 4.90 Å². The molecule has 27 heavy (non-hydrogen) atoms. The van der Waals surface area contributed by atoms with Crippen molar-refractivity contribution in [2.75, 3.05) is 38.2 Å². The van der Waals surface area contributed by atoms with Gasteiger partial charge in [0.15, 0.2) is 0 Å². The number of halogens is 4. The molecule has 0 saturated carbocycles. The van der Waals surface area contributed by atoms with Gasteiger partial charge >= 0.3 is 6.18 Å². The summed E-state index contributed by atoms with van der Waals surface area (Å²) in [5.41, 5.74) is 1.41. The van der Waals surface area contributed by atoms with Gasteiger partial charge in [-0.1, -0.05) is 12.1 Å². The van der Waals surface area contributed by atoms with E-state index in [0.29, 0.717) is 0 Å². The van der Waals surface area contributed by atoms with E-state index >= 15 is 0 Å². The van der Waals surface area contributed by atoms with Gasteiger partial charge in [-0.15, -0.1) is 0 Å². The minimum absolute atomic E-state index is 0.0777. The van der Waals surface area contributed by atoms with Crippen LogP contribution >= 0.6 is 15.9 Å². The lowest BCUT2D eigenvalue weighted by molar-refractivity contribution is -0.137. The molecule has 3 rings (SSSR count). The molecular formula is C20H22BrF3N2O. The number of alkyl halides is 3. The van der Waals surface area contributed by atoms with Gasteiger partial charge in [-0.2, -0.15) is 13.2 Å². The predicted molar refractivity (Wildman–Crippen MR) is 104 cm³/mol. The van der Waals surface area contributed by atoms with E-state index in [1.807, 2.05) is 19.1 Å². The molecule has 2 aromatic carbocycles. The molecule has 1 unspecified atom stereocenters. The zero-order valence-corrected chi connectivity index (χ0v) is 16.8. The van der Waals surface area contributed by atoms with E-state index in [0.717, 1.165) is 59.8 Å². The number of rotatable bonds is 4. The van der Waals surface area contributed by atoms with E-state index in [4.69, 9.17) is 4.74 Å². The number of piperazine rings is 1. The molecule has 2 aromatic rings. The van der Waals surface area contributed by atoms with Gasteiger partial charge in [0.05, 0.1) is 17.1 Å². The van der Waals surface area contributed by atoms with Crippen LogP contribution in [0.5, 0.6) is 5.75 Å². The highest BCUT2D eigenvalue weighted by atomic mass is 79.9. The Balaban J connectivity index is 1.63. The average Bonchev–Trinajstić information content (AvgIpc) is 2.67. The minimum Gasteiger partial charge on any atom is -0.495 e. The van der Waals surface area contributed by atoms with Crippen molar-refractivity contribution < 1.29 is 17.9 Å². The Morgan fingerprint density at radius 1 is 1.00 bits per heavy atom. The molecule has 0 aliphatic carbocycles. The van der Waals surface area contributed by atoms with Gasteiger partial charge in [0.2, 0.25) is 0 Å². The van der Waals surface area contributed by atoms with Crippen molar-refractivity contribution in [2.24, 2.45) is 0 Å². The van der Waals surface area contributed by atoms with Gasteiger partial charge in [0.25, 0.3) is 0 Å². The zero-order chi connectivity index (χ0) is 19.6. The fourth-order valence-electron chi connectivity index (χ4n) is 3.37. The van der Waals surface area contributed by atoms with E-state index in [-0.39, 0.29) is 6.04 Å². The van der Waals surface area contributed by atoms with Crippen LogP contribution in [0.4, 0.5) is 18.9 Å². The van der Waals surface area contributed by atoms with Crippen LogP contribution in [0.2, 0.25) is 0 Å². The summed E-state index contributed by atoms with van der Waals surface area (Å²) < 4.78 is 44.5. The first-order valence-corrected chi connectivity index (χ1v) is 9.58. The number of anilines is 1. The van der Waals surface area contributed by atoms with Crippen LogP contribution in [-0.4, -0.2) is 38.2 Å². The molecule has 7 heteroatoms. The van der Waals surface area contributed by atoms with Crippen molar-refractivity contribution in [3.8, 4) is 5.75 Å². The van der Waals surface area contributed by atoms with Gasteiger partial charge < -0.3 is 9.64 Å². The summed E-state index contributed by atoms with van der Waals surface area (Å²) >= 11 is 3.46. The van der Waals surface area contributed by atoms with Crippen LogP contribution in [0.3, 0.4) is 0 Å². The highest BCUT2D eigenvalue weighted by Crippen LogP contribution is 2.32. The first-order valence-electron chi connectivity index (χ1n) is 8.79. The van der Waals surface area contributed by atoms with Gasteiger partial charge in [0.1, 0.15) is 5.75 Å². The van der Waals surface area contributed by atoms with E-state index in [1.165, 1.54) is 0 Å². The number of hydrogen-bond acceptors (Lipinski definition) is 3. The van der Waals surface area contributed by atoms with Crippen molar-refractivity contribution in [3.63, 3.8) is 0 Å². The Kier molecular flexibility index (Phi) is 6.01. The minimum atomic E-state index is -4.29. The first-order chi connectivity index (χ1) is 12.8. The third kappa shape index (κ3) is 4.58. The smallest absolute Gasteiger partial charge is 0.416 e. The second-order valence-electron chi connectivity index (χ2n) is 6.64. The van der Waals surface area contributed by atoms with Gasteiger partial charge in [-0.3, -0.25) is 4.90 Å². The average molecular weight is 443 g/mol. The van der Waals surface area contributed by atoms with Crippen LogP contribution in [0.1, 0.15) is 24.1 Å². The fourth-order valence-corrected chi connectivity index (χ4v) is 3.78. The molecule has 1 atom stereocenters. The molecule has 146 valence electrons. The molecule has 1 aliphatic heterocycles. The quantitative estimate of drug-likeness (QED) is 0.633. The summed E-state index contributed by atoms with van der Waals surface area (Å²) in [5.74, 6) is 0.799. The molecule has 0 N–H and O–H groups in total. The van der Waals surface area contributed by atoms with E-state index < -0.39 is 11.7 Å². The van der Waals surface area contributed by atoms with Crippen LogP contribution in [0.15, 0.2) is 46.9 Å². The maximum Gasteiger partial charge on any atom is 0.416 e. The van der Waals surface area contributed by atoms with E-state index in [9.17, 15) is 13.2 Å². The first kappa shape index (κ1) is 20.0. The summed E-state index contributed by atoms with van der Waals surface area (Å²) in [6.45, 7) is 5.45. The lowest BCUT2D eigenvalue weighted by Crippen LogP contribution is -2.47. The topological polar surface area (TPSA) is 15.7 Å². The Bertz CT molecular complexity index is 772. The lowest BCUT2D eigenvalue weighted by atomic mass is 10.0. The number of methoxy groups -OCH3 is 1. The van der Waals surface area contributed by atoms with Crippen molar-refractivity contribution >= 4 is 21.6 Å². The van der Waals surface area contributed by atoms with Gasteiger partial charge in [-0.05, 0) is 52.7 Å². The summed E-state index contributed by atoms with van der Waals surface area (Å²) in [5, 5.41) is 0. The van der Waals surface area contributed by atoms with Crippen LogP contribution < -0.4 is 9.64 Å². The summed E-state index contributed by atoms with van der Waals surface area (Å²) in [6.07, 6.45) is -4.29. The highest BCUT2D eigenvalue weighted by molar-refractivity contribution is 9.10. The number of ether oxygens (including phenoxy) is 1. The van der Waals surface area contributed by atoms with Crippen molar-refractivity contribution in [1.29, 1.82) is 0 Å². The lowest BCUT2D eigenvalue weighted by Gasteiger charge is -2.39. The van der Waals surface area contributed by atoms with E-state index in [2.05, 4.69) is 31.8 Å². The normalized spacial score (nSPS) is 17.0. The number of benzene rings is 2. The van der Waals surface area contributed by atoms with Gasteiger partial charge in [0, 0.05) is 44.0 Å². The Labute approximate surface area is 165 Å². The molecule has 1 aliphatic rings. The third-order valence-corrected chi connectivity index (χ3v) is 5.74. The monoisotopic (exact) mass is 442 g/mol.